The van der Waals surface area contributed by atoms with Gasteiger partial charge in [0.2, 0.25) is 5.91 Å². The molecular formula is C11H23ClN2O2. The second-order valence-corrected chi connectivity index (χ2v) is 4.53. The highest BCUT2D eigenvalue weighted by Gasteiger charge is 2.43. The van der Waals surface area contributed by atoms with Gasteiger partial charge in [0.05, 0.1) is 18.3 Å². The SMILES string of the molecule is CCCC1NC(C)(C)N(CCOC)C1=O.Cl. The number of ether oxygens (including phenoxy) is 1. The van der Waals surface area contributed by atoms with Crippen LogP contribution in [-0.4, -0.2) is 42.8 Å². The average Bonchev–Trinajstić information content (AvgIpc) is 2.36. The third-order valence-corrected chi connectivity index (χ3v) is 2.86. The van der Waals surface area contributed by atoms with Crippen LogP contribution < -0.4 is 5.32 Å². The van der Waals surface area contributed by atoms with E-state index in [1.54, 1.807) is 7.11 Å². The molecule has 1 saturated heterocycles. The van der Waals surface area contributed by atoms with E-state index in [2.05, 4.69) is 12.2 Å². The minimum Gasteiger partial charge on any atom is -0.383 e. The molecule has 96 valence electrons. The van der Waals surface area contributed by atoms with Crippen LogP contribution in [0.25, 0.3) is 0 Å². The summed E-state index contributed by atoms with van der Waals surface area (Å²) in [5.74, 6) is 0.207. The number of rotatable bonds is 5. The maximum absolute atomic E-state index is 12.0. The second kappa shape index (κ2) is 6.42. The fourth-order valence-corrected chi connectivity index (χ4v) is 2.09. The third kappa shape index (κ3) is 3.34. The molecule has 1 unspecified atom stereocenters. The smallest absolute Gasteiger partial charge is 0.241 e. The average molecular weight is 251 g/mol. The van der Waals surface area contributed by atoms with Crippen molar-refractivity contribution in [1.82, 2.24) is 10.2 Å². The summed E-state index contributed by atoms with van der Waals surface area (Å²) in [5.41, 5.74) is -0.241. The van der Waals surface area contributed by atoms with Crippen LogP contribution in [0.15, 0.2) is 0 Å². The summed E-state index contributed by atoms with van der Waals surface area (Å²) in [5, 5.41) is 3.36. The van der Waals surface area contributed by atoms with Crippen LogP contribution in [0.5, 0.6) is 0 Å². The predicted octanol–water partition coefficient (Wildman–Crippen LogP) is 1.39. The topological polar surface area (TPSA) is 41.6 Å². The molecule has 0 radical (unpaired) electrons. The first-order valence-electron chi connectivity index (χ1n) is 5.61. The number of methoxy groups -OCH3 is 1. The highest BCUT2D eigenvalue weighted by atomic mass is 35.5. The number of nitrogens with one attached hydrogen (secondary N) is 1. The molecule has 1 aliphatic heterocycles. The first kappa shape index (κ1) is 15.7. The van der Waals surface area contributed by atoms with Gasteiger partial charge in [0, 0.05) is 13.7 Å². The van der Waals surface area contributed by atoms with Gasteiger partial charge in [0.25, 0.3) is 0 Å². The Bertz CT molecular complexity index is 234. The fraction of sp³-hybridized carbons (Fsp3) is 0.909. The van der Waals surface area contributed by atoms with Gasteiger partial charge in [-0.05, 0) is 20.3 Å². The lowest BCUT2D eigenvalue weighted by Crippen LogP contribution is -2.48. The van der Waals surface area contributed by atoms with Crippen molar-refractivity contribution in [2.75, 3.05) is 20.3 Å². The Morgan fingerprint density at radius 2 is 2.12 bits per heavy atom. The summed E-state index contributed by atoms with van der Waals surface area (Å²) in [6.45, 7) is 7.43. The maximum Gasteiger partial charge on any atom is 0.241 e. The summed E-state index contributed by atoms with van der Waals surface area (Å²) in [6, 6.07) is -0.0122. The van der Waals surface area contributed by atoms with Gasteiger partial charge in [-0.15, -0.1) is 12.4 Å². The van der Waals surface area contributed by atoms with Crippen molar-refractivity contribution in [1.29, 1.82) is 0 Å². The molecule has 16 heavy (non-hydrogen) atoms. The normalized spacial score (nSPS) is 23.4. The molecule has 5 heteroatoms. The number of nitrogens with zero attached hydrogens (tertiary/aromatic N) is 1. The minimum absolute atomic E-state index is 0. The quantitative estimate of drug-likeness (QED) is 0.802. The lowest BCUT2D eigenvalue weighted by Gasteiger charge is -2.30. The molecule has 0 saturated carbocycles. The zero-order valence-corrected chi connectivity index (χ0v) is 11.4. The van der Waals surface area contributed by atoms with Crippen LogP contribution in [-0.2, 0) is 9.53 Å². The number of carbonyl (C=O) groups excluding carboxylic acids is 1. The van der Waals surface area contributed by atoms with Crippen molar-refractivity contribution >= 4 is 18.3 Å². The van der Waals surface area contributed by atoms with Crippen molar-refractivity contribution in [3.05, 3.63) is 0 Å². The van der Waals surface area contributed by atoms with Crippen LogP contribution in [0, 0.1) is 0 Å². The highest BCUT2D eigenvalue weighted by Crippen LogP contribution is 2.22. The maximum atomic E-state index is 12.0. The largest absolute Gasteiger partial charge is 0.383 e. The number of amides is 1. The van der Waals surface area contributed by atoms with E-state index >= 15 is 0 Å². The van der Waals surface area contributed by atoms with E-state index in [9.17, 15) is 4.79 Å². The van der Waals surface area contributed by atoms with Gasteiger partial charge in [-0.25, -0.2) is 0 Å². The first-order valence-corrected chi connectivity index (χ1v) is 5.61. The molecule has 0 aromatic heterocycles. The van der Waals surface area contributed by atoms with Crippen LogP contribution in [0.2, 0.25) is 0 Å². The number of hydrogen-bond donors (Lipinski definition) is 1. The molecule has 1 amide bonds. The standard InChI is InChI=1S/C11H22N2O2.ClH/c1-5-6-9-10(14)13(7-8-15-4)11(2,3)12-9;/h9,12H,5-8H2,1-4H3;1H. The Morgan fingerprint density at radius 3 is 2.62 bits per heavy atom. The molecule has 4 nitrogen and oxygen atoms in total. The van der Waals surface area contributed by atoms with E-state index in [0.29, 0.717) is 13.2 Å². The predicted molar refractivity (Wildman–Crippen MR) is 66.7 cm³/mol. The molecule has 1 fully saturated rings. The summed E-state index contributed by atoms with van der Waals surface area (Å²) in [7, 11) is 1.66. The van der Waals surface area contributed by atoms with Gasteiger partial charge in [-0.2, -0.15) is 0 Å². The Balaban J connectivity index is 0.00000225. The van der Waals surface area contributed by atoms with Crippen LogP contribution >= 0.6 is 12.4 Å². The molecule has 1 atom stereocenters. The van der Waals surface area contributed by atoms with E-state index in [-0.39, 0.29) is 30.0 Å². The Kier molecular flexibility index (Phi) is 6.30. The first-order chi connectivity index (χ1) is 7.03. The van der Waals surface area contributed by atoms with Crippen molar-refractivity contribution in [2.45, 2.75) is 45.3 Å². The summed E-state index contributed by atoms with van der Waals surface area (Å²) < 4.78 is 5.02. The van der Waals surface area contributed by atoms with Gasteiger partial charge in [-0.1, -0.05) is 13.3 Å². The van der Waals surface area contributed by atoms with E-state index in [1.165, 1.54) is 0 Å². The molecule has 1 aliphatic rings. The number of hydrogen-bond acceptors (Lipinski definition) is 3. The Hall–Kier alpha value is -0.320. The van der Waals surface area contributed by atoms with Gasteiger partial charge in [-0.3, -0.25) is 10.1 Å². The van der Waals surface area contributed by atoms with E-state index in [4.69, 9.17) is 4.74 Å². The monoisotopic (exact) mass is 250 g/mol. The van der Waals surface area contributed by atoms with Crippen molar-refractivity contribution in [3.8, 4) is 0 Å². The van der Waals surface area contributed by atoms with E-state index in [0.717, 1.165) is 12.8 Å². The molecular weight excluding hydrogens is 228 g/mol. The molecule has 0 aromatic rings. The van der Waals surface area contributed by atoms with Gasteiger partial charge >= 0.3 is 0 Å². The van der Waals surface area contributed by atoms with Gasteiger partial charge in [0.1, 0.15) is 0 Å². The zero-order valence-electron chi connectivity index (χ0n) is 10.6. The van der Waals surface area contributed by atoms with Crippen LogP contribution in [0.1, 0.15) is 33.6 Å². The zero-order chi connectivity index (χ0) is 11.5. The number of carbonyl (C=O) groups is 1. The van der Waals surface area contributed by atoms with Crippen molar-refractivity contribution in [2.24, 2.45) is 0 Å². The summed E-state index contributed by atoms with van der Waals surface area (Å²) in [4.78, 5) is 13.9. The molecule has 1 N–H and O–H groups in total. The van der Waals surface area contributed by atoms with E-state index < -0.39 is 0 Å². The lowest BCUT2D eigenvalue weighted by molar-refractivity contribution is -0.132. The Labute approximate surface area is 104 Å². The van der Waals surface area contributed by atoms with Crippen LogP contribution in [0.4, 0.5) is 0 Å². The molecule has 0 aliphatic carbocycles. The lowest BCUT2D eigenvalue weighted by atomic mass is 10.2. The Morgan fingerprint density at radius 1 is 1.50 bits per heavy atom. The molecule has 0 bridgehead atoms. The van der Waals surface area contributed by atoms with Crippen LogP contribution in [0.3, 0.4) is 0 Å². The van der Waals surface area contributed by atoms with Gasteiger partial charge in [0.15, 0.2) is 0 Å². The molecule has 0 spiro atoms. The molecule has 1 heterocycles. The molecule has 0 aromatic carbocycles. The minimum atomic E-state index is -0.241. The van der Waals surface area contributed by atoms with Crippen molar-refractivity contribution in [3.63, 3.8) is 0 Å². The van der Waals surface area contributed by atoms with Gasteiger partial charge < -0.3 is 9.64 Å². The summed E-state index contributed by atoms with van der Waals surface area (Å²) >= 11 is 0. The second-order valence-electron chi connectivity index (χ2n) is 4.53. The summed E-state index contributed by atoms with van der Waals surface area (Å²) in [6.07, 6.45) is 1.93. The van der Waals surface area contributed by atoms with Crippen molar-refractivity contribution < 1.29 is 9.53 Å². The van der Waals surface area contributed by atoms with E-state index in [1.807, 2.05) is 18.7 Å². The highest BCUT2D eigenvalue weighted by molar-refractivity contribution is 5.85. The fourth-order valence-electron chi connectivity index (χ4n) is 2.09. The molecule has 1 rings (SSSR count). The number of halogens is 1. The third-order valence-electron chi connectivity index (χ3n) is 2.86.